The number of rotatable bonds is 3. The van der Waals surface area contributed by atoms with E-state index in [9.17, 15) is 0 Å². The van der Waals surface area contributed by atoms with Crippen molar-refractivity contribution in [1.29, 1.82) is 0 Å². The molecular formula is C15H18ClNO. The number of aryl methyl sites for hydroxylation is 2. The largest absolute Gasteiger partial charge is 0.459 e. The van der Waals surface area contributed by atoms with E-state index < -0.39 is 0 Å². The number of halogens is 1. The lowest BCUT2D eigenvalue weighted by atomic mass is 10.1. The number of benzene rings is 1. The Hall–Kier alpha value is -0.990. The van der Waals surface area contributed by atoms with Gasteiger partial charge in [-0.1, -0.05) is 11.6 Å². The van der Waals surface area contributed by atoms with E-state index in [1.807, 2.05) is 20.0 Å². The van der Waals surface area contributed by atoms with Crippen molar-refractivity contribution in [2.45, 2.75) is 32.7 Å². The van der Waals surface area contributed by atoms with Gasteiger partial charge in [-0.05, 0) is 62.9 Å². The minimum absolute atomic E-state index is 0.343. The molecule has 1 aromatic heterocycles. The summed E-state index contributed by atoms with van der Waals surface area (Å²) >= 11 is 6.30. The molecule has 0 radical (unpaired) electrons. The first kappa shape index (κ1) is 12.1. The van der Waals surface area contributed by atoms with Crippen molar-refractivity contribution in [3.8, 4) is 0 Å². The normalized spacial score (nSPS) is 17.3. The highest BCUT2D eigenvalue weighted by atomic mass is 35.5. The molecule has 2 aromatic rings. The minimum Gasteiger partial charge on any atom is -0.459 e. The summed E-state index contributed by atoms with van der Waals surface area (Å²) in [6.07, 6.45) is 2.59. The van der Waals surface area contributed by atoms with Crippen molar-refractivity contribution in [2.75, 3.05) is 7.05 Å². The highest BCUT2D eigenvalue weighted by molar-refractivity contribution is 6.33. The van der Waals surface area contributed by atoms with Crippen molar-refractivity contribution in [3.63, 3.8) is 0 Å². The van der Waals surface area contributed by atoms with Gasteiger partial charge >= 0.3 is 0 Å². The zero-order valence-corrected chi connectivity index (χ0v) is 11.8. The average Bonchev–Trinajstić information content (AvgIpc) is 3.08. The highest BCUT2D eigenvalue weighted by Crippen LogP contribution is 2.43. The molecule has 1 aromatic carbocycles. The van der Waals surface area contributed by atoms with Gasteiger partial charge in [0.05, 0.1) is 6.04 Å². The van der Waals surface area contributed by atoms with Crippen molar-refractivity contribution in [3.05, 3.63) is 34.0 Å². The Kier molecular flexibility index (Phi) is 2.87. The van der Waals surface area contributed by atoms with Crippen LogP contribution in [0.2, 0.25) is 5.02 Å². The molecule has 18 heavy (non-hydrogen) atoms. The van der Waals surface area contributed by atoms with E-state index in [-0.39, 0.29) is 0 Å². The second kappa shape index (κ2) is 4.29. The van der Waals surface area contributed by atoms with Crippen molar-refractivity contribution in [2.24, 2.45) is 5.92 Å². The molecule has 2 nitrogen and oxygen atoms in total. The van der Waals surface area contributed by atoms with E-state index in [1.165, 1.54) is 12.8 Å². The standard InChI is InChI=1S/C15H18ClNO/c1-8-6-12-11(9(2)14(8)16)7-13(18-12)15(17-3)10-4-5-10/h6-7,10,15,17H,4-5H2,1-3H3. The van der Waals surface area contributed by atoms with Gasteiger partial charge in [0.25, 0.3) is 0 Å². The SMILES string of the molecule is CNC(c1cc2c(C)c(Cl)c(C)cc2o1)C1CC1. The van der Waals surface area contributed by atoms with E-state index in [0.29, 0.717) is 6.04 Å². The lowest BCUT2D eigenvalue weighted by molar-refractivity contribution is 0.419. The fraction of sp³-hybridized carbons (Fsp3) is 0.467. The lowest BCUT2D eigenvalue weighted by Crippen LogP contribution is -2.17. The molecule has 1 fully saturated rings. The minimum atomic E-state index is 0.343. The monoisotopic (exact) mass is 263 g/mol. The molecule has 1 aliphatic rings. The molecule has 3 heteroatoms. The molecule has 0 spiro atoms. The van der Waals surface area contributed by atoms with Crippen LogP contribution in [-0.4, -0.2) is 7.05 Å². The van der Waals surface area contributed by atoms with Crippen molar-refractivity contribution < 1.29 is 4.42 Å². The van der Waals surface area contributed by atoms with E-state index in [2.05, 4.69) is 18.3 Å². The quantitative estimate of drug-likeness (QED) is 0.889. The molecule has 96 valence electrons. The number of fused-ring (bicyclic) bond motifs is 1. The molecule has 1 heterocycles. The van der Waals surface area contributed by atoms with Gasteiger partial charge in [0, 0.05) is 10.4 Å². The van der Waals surface area contributed by atoms with E-state index in [4.69, 9.17) is 16.0 Å². The van der Waals surface area contributed by atoms with Gasteiger partial charge < -0.3 is 9.73 Å². The first-order chi connectivity index (χ1) is 8.61. The molecule has 1 N–H and O–H groups in total. The maximum Gasteiger partial charge on any atom is 0.135 e. The second-order valence-electron chi connectivity index (χ2n) is 5.30. The summed E-state index contributed by atoms with van der Waals surface area (Å²) in [5.41, 5.74) is 3.15. The van der Waals surface area contributed by atoms with Crippen LogP contribution in [0.3, 0.4) is 0 Å². The second-order valence-corrected chi connectivity index (χ2v) is 5.67. The summed E-state index contributed by atoms with van der Waals surface area (Å²) in [5.74, 6) is 1.77. The van der Waals surface area contributed by atoms with Gasteiger partial charge in [0.15, 0.2) is 0 Å². The number of hydrogen-bond donors (Lipinski definition) is 1. The Balaban J connectivity index is 2.13. The number of furan rings is 1. The van der Waals surface area contributed by atoms with Gasteiger partial charge in [-0.15, -0.1) is 0 Å². The Bertz CT molecular complexity index is 598. The van der Waals surface area contributed by atoms with Crippen LogP contribution in [-0.2, 0) is 0 Å². The molecule has 3 rings (SSSR count). The van der Waals surface area contributed by atoms with Crippen LogP contribution >= 0.6 is 11.6 Å². The Labute approximate surface area is 112 Å². The first-order valence-electron chi connectivity index (χ1n) is 6.48. The topological polar surface area (TPSA) is 25.2 Å². The van der Waals surface area contributed by atoms with E-state index >= 15 is 0 Å². The molecule has 0 aliphatic heterocycles. The maximum atomic E-state index is 6.30. The predicted octanol–water partition coefficient (Wildman–Crippen LogP) is 4.37. The first-order valence-corrected chi connectivity index (χ1v) is 6.86. The zero-order chi connectivity index (χ0) is 12.9. The van der Waals surface area contributed by atoms with E-state index in [0.717, 1.165) is 38.8 Å². The Morgan fingerprint density at radius 3 is 2.67 bits per heavy atom. The summed E-state index contributed by atoms with van der Waals surface area (Å²) in [6.45, 7) is 4.08. The van der Waals surface area contributed by atoms with Crippen LogP contribution in [0.4, 0.5) is 0 Å². The fourth-order valence-electron chi connectivity index (χ4n) is 2.69. The summed E-state index contributed by atoms with van der Waals surface area (Å²) in [4.78, 5) is 0. The van der Waals surface area contributed by atoms with Crippen molar-refractivity contribution in [1.82, 2.24) is 5.32 Å². The molecule has 0 amide bonds. The van der Waals surface area contributed by atoms with Gasteiger partial charge in [-0.3, -0.25) is 0 Å². The molecule has 1 unspecified atom stereocenters. The summed E-state index contributed by atoms with van der Waals surface area (Å²) in [6, 6.07) is 4.53. The van der Waals surface area contributed by atoms with Crippen LogP contribution < -0.4 is 5.32 Å². The number of nitrogens with one attached hydrogen (secondary N) is 1. The van der Waals surface area contributed by atoms with Crippen LogP contribution in [0, 0.1) is 19.8 Å². The third-order valence-corrected chi connectivity index (χ3v) is 4.50. The summed E-state index contributed by atoms with van der Waals surface area (Å²) in [7, 11) is 2.00. The van der Waals surface area contributed by atoms with Crippen LogP contribution in [0.25, 0.3) is 11.0 Å². The van der Waals surface area contributed by atoms with Gasteiger partial charge in [-0.2, -0.15) is 0 Å². The van der Waals surface area contributed by atoms with Gasteiger partial charge in [0.1, 0.15) is 11.3 Å². The fourth-order valence-corrected chi connectivity index (χ4v) is 2.85. The Morgan fingerprint density at radius 2 is 2.06 bits per heavy atom. The number of hydrogen-bond acceptors (Lipinski definition) is 2. The highest BCUT2D eigenvalue weighted by Gasteiger charge is 2.33. The average molecular weight is 264 g/mol. The third kappa shape index (κ3) is 1.84. The molecule has 0 bridgehead atoms. The summed E-state index contributed by atoms with van der Waals surface area (Å²) in [5, 5.41) is 5.35. The Morgan fingerprint density at radius 1 is 1.33 bits per heavy atom. The molecule has 0 saturated heterocycles. The predicted molar refractivity (Wildman–Crippen MR) is 75.2 cm³/mol. The summed E-state index contributed by atoms with van der Waals surface area (Å²) < 4.78 is 6.02. The van der Waals surface area contributed by atoms with E-state index in [1.54, 1.807) is 0 Å². The van der Waals surface area contributed by atoms with Crippen LogP contribution in [0.15, 0.2) is 16.5 Å². The van der Waals surface area contributed by atoms with Crippen LogP contribution in [0.1, 0.15) is 35.8 Å². The smallest absolute Gasteiger partial charge is 0.135 e. The maximum absolute atomic E-state index is 6.30. The molecule has 1 atom stereocenters. The lowest BCUT2D eigenvalue weighted by Gasteiger charge is -2.11. The van der Waals surface area contributed by atoms with Gasteiger partial charge in [0.2, 0.25) is 0 Å². The molecule has 1 saturated carbocycles. The molecule has 1 aliphatic carbocycles. The third-order valence-electron chi connectivity index (χ3n) is 3.92. The van der Waals surface area contributed by atoms with Crippen molar-refractivity contribution >= 4 is 22.6 Å². The molecular weight excluding hydrogens is 246 g/mol. The zero-order valence-electron chi connectivity index (χ0n) is 11.0. The van der Waals surface area contributed by atoms with Crippen LogP contribution in [0.5, 0.6) is 0 Å². The van der Waals surface area contributed by atoms with Gasteiger partial charge in [-0.25, -0.2) is 0 Å².